The fourth-order valence-corrected chi connectivity index (χ4v) is 2.04. The highest BCUT2D eigenvalue weighted by Gasteiger charge is 2.11. The van der Waals surface area contributed by atoms with Gasteiger partial charge in [-0.1, -0.05) is 12.1 Å². The van der Waals surface area contributed by atoms with Gasteiger partial charge in [0.25, 0.3) is 0 Å². The van der Waals surface area contributed by atoms with Crippen molar-refractivity contribution in [1.82, 2.24) is 0 Å². The Morgan fingerprint density at radius 2 is 1.84 bits per heavy atom. The Hall–Kier alpha value is -1.76. The first-order chi connectivity index (χ1) is 9.06. The third kappa shape index (κ3) is 3.60. The van der Waals surface area contributed by atoms with Gasteiger partial charge in [0.1, 0.15) is 23.7 Å². The molecule has 0 saturated carbocycles. The quantitative estimate of drug-likeness (QED) is 0.811. The maximum Gasteiger partial charge on any atom is 0.339 e. The molecule has 19 heavy (non-hydrogen) atoms. The van der Waals surface area contributed by atoms with E-state index >= 15 is 0 Å². The molecule has 0 bridgehead atoms. The molecule has 0 aromatic heterocycles. The number of halogens is 1. The van der Waals surface area contributed by atoms with Gasteiger partial charge in [0, 0.05) is 3.57 Å². The van der Waals surface area contributed by atoms with Crippen molar-refractivity contribution in [2.24, 2.45) is 0 Å². The lowest BCUT2D eigenvalue weighted by molar-refractivity contribution is 0.0691. The highest BCUT2D eigenvalue weighted by atomic mass is 127. The number of carboxylic acid groups (broad SMARTS) is 1. The molecule has 0 aliphatic rings. The smallest absolute Gasteiger partial charge is 0.339 e. The van der Waals surface area contributed by atoms with E-state index in [0.717, 1.165) is 9.13 Å². The van der Waals surface area contributed by atoms with Gasteiger partial charge in [-0.05, 0) is 58.5 Å². The monoisotopic (exact) mass is 370 g/mol. The SMILES string of the molecule is O=C(O)c1cc(I)ccc1OCc1ccc(O)cc1. The number of carbonyl (C=O) groups is 1. The van der Waals surface area contributed by atoms with Crippen molar-refractivity contribution in [1.29, 1.82) is 0 Å². The first-order valence-electron chi connectivity index (χ1n) is 5.50. The van der Waals surface area contributed by atoms with Crippen molar-refractivity contribution >= 4 is 28.6 Å². The van der Waals surface area contributed by atoms with Crippen LogP contribution in [0.4, 0.5) is 0 Å². The molecule has 0 atom stereocenters. The summed E-state index contributed by atoms with van der Waals surface area (Å²) in [6, 6.07) is 11.6. The Bertz CT molecular complexity index is 593. The first kappa shape index (κ1) is 13.7. The van der Waals surface area contributed by atoms with E-state index in [2.05, 4.69) is 22.6 Å². The van der Waals surface area contributed by atoms with Crippen LogP contribution in [0.1, 0.15) is 15.9 Å². The van der Waals surface area contributed by atoms with Gasteiger partial charge in [-0.2, -0.15) is 0 Å². The molecular formula is C14H11IO4. The van der Waals surface area contributed by atoms with E-state index in [1.807, 2.05) is 0 Å². The molecule has 2 aromatic carbocycles. The van der Waals surface area contributed by atoms with Crippen LogP contribution in [-0.4, -0.2) is 16.2 Å². The summed E-state index contributed by atoms with van der Waals surface area (Å²) in [5, 5.41) is 18.3. The largest absolute Gasteiger partial charge is 0.508 e. The van der Waals surface area contributed by atoms with Crippen LogP contribution in [0.3, 0.4) is 0 Å². The van der Waals surface area contributed by atoms with E-state index in [-0.39, 0.29) is 17.9 Å². The second-order valence-electron chi connectivity index (χ2n) is 3.90. The molecule has 98 valence electrons. The molecule has 0 radical (unpaired) electrons. The van der Waals surface area contributed by atoms with Gasteiger partial charge in [0.2, 0.25) is 0 Å². The fraction of sp³-hybridized carbons (Fsp3) is 0.0714. The van der Waals surface area contributed by atoms with Gasteiger partial charge < -0.3 is 14.9 Å². The van der Waals surface area contributed by atoms with Gasteiger partial charge in [-0.3, -0.25) is 0 Å². The summed E-state index contributed by atoms with van der Waals surface area (Å²) in [6.45, 7) is 0.251. The Kier molecular flexibility index (Phi) is 4.26. The summed E-state index contributed by atoms with van der Waals surface area (Å²) in [6.07, 6.45) is 0. The zero-order valence-electron chi connectivity index (χ0n) is 9.84. The van der Waals surface area contributed by atoms with Crippen LogP contribution in [0.25, 0.3) is 0 Å². The summed E-state index contributed by atoms with van der Waals surface area (Å²) in [4.78, 5) is 11.1. The van der Waals surface area contributed by atoms with Crippen molar-refractivity contribution in [3.63, 3.8) is 0 Å². The third-order valence-corrected chi connectivity index (χ3v) is 3.17. The highest BCUT2D eigenvalue weighted by molar-refractivity contribution is 14.1. The second-order valence-corrected chi connectivity index (χ2v) is 5.15. The Morgan fingerprint density at radius 3 is 2.47 bits per heavy atom. The van der Waals surface area contributed by atoms with E-state index in [4.69, 9.17) is 14.9 Å². The number of hydrogen-bond acceptors (Lipinski definition) is 3. The van der Waals surface area contributed by atoms with E-state index in [1.54, 1.807) is 42.5 Å². The molecule has 0 unspecified atom stereocenters. The maximum atomic E-state index is 11.1. The van der Waals surface area contributed by atoms with Gasteiger partial charge >= 0.3 is 5.97 Å². The summed E-state index contributed by atoms with van der Waals surface area (Å²) in [5.74, 6) is -0.496. The van der Waals surface area contributed by atoms with Crippen LogP contribution in [0.2, 0.25) is 0 Å². The van der Waals surface area contributed by atoms with Crippen LogP contribution in [-0.2, 0) is 6.61 Å². The zero-order chi connectivity index (χ0) is 13.8. The van der Waals surface area contributed by atoms with Crippen LogP contribution < -0.4 is 4.74 Å². The molecule has 4 nitrogen and oxygen atoms in total. The van der Waals surface area contributed by atoms with E-state index < -0.39 is 5.97 Å². The number of aromatic carboxylic acids is 1. The molecule has 0 saturated heterocycles. The number of benzene rings is 2. The van der Waals surface area contributed by atoms with E-state index in [0.29, 0.717) is 5.75 Å². The molecule has 0 spiro atoms. The van der Waals surface area contributed by atoms with Crippen LogP contribution in [0.15, 0.2) is 42.5 Å². The molecule has 0 fully saturated rings. The minimum atomic E-state index is -1.01. The molecule has 0 aliphatic carbocycles. The van der Waals surface area contributed by atoms with Crippen molar-refractivity contribution in [2.75, 3.05) is 0 Å². The summed E-state index contributed by atoms with van der Waals surface area (Å²) in [7, 11) is 0. The predicted molar refractivity (Wildman–Crippen MR) is 78.6 cm³/mol. The average molecular weight is 370 g/mol. The number of ether oxygens (including phenoxy) is 1. The van der Waals surface area contributed by atoms with Gasteiger partial charge in [0.15, 0.2) is 0 Å². The molecule has 2 aromatic rings. The molecule has 2 rings (SSSR count). The van der Waals surface area contributed by atoms with Gasteiger partial charge in [0.05, 0.1) is 0 Å². The van der Waals surface area contributed by atoms with Crippen molar-refractivity contribution in [3.05, 3.63) is 57.2 Å². The maximum absolute atomic E-state index is 11.1. The summed E-state index contributed by atoms with van der Waals surface area (Å²) >= 11 is 2.05. The van der Waals surface area contributed by atoms with Crippen LogP contribution in [0.5, 0.6) is 11.5 Å². The topological polar surface area (TPSA) is 66.8 Å². The molecule has 2 N–H and O–H groups in total. The average Bonchev–Trinajstić information content (AvgIpc) is 2.39. The number of phenolic OH excluding ortho intramolecular Hbond substituents is 1. The molecule has 0 amide bonds. The lowest BCUT2D eigenvalue weighted by Crippen LogP contribution is -2.03. The normalized spacial score (nSPS) is 10.2. The minimum absolute atomic E-state index is 0.144. The molecule has 0 aliphatic heterocycles. The number of hydrogen-bond donors (Lipinski definition) is 2. The molecular weight excluding hydrogens is 359 g/mol. The van der Waals surface area contributed by atoms with E-state index in [9.17, 15) is 4.79 Å². The van der Waals surface area contributed by atoms with Crippen molar-refractivity contribution in [3.8, 4) is 11.5 Å². The number of phenols is 1. The predicted octanol–water partition coefficient (Wildman–Crippen LogP) is 3.27. The summed E-state index contributed by atoms with van der Waals surface area (Å²) in [5.41, 5.74) is 0.998. The lowest BCUT2D eigenvalue weighted by Gasteiger charge is -2.09. The van der Waals surface area contributed by atoms with Crippen molar-refractivity contribution in [2.45, 2.75) is 6.61 Å². The highest BCUT2D eigenvalue weighted by Crippen LogP contribution is 2.22. The third-order valence-electron chi connectivity index (χ3n) is 2.50. The number of rotatable bonds is 4. The number of carboxylic acids is 1. The van der Waals surface area contributed by atoms with Gasteiger partial charge in [-0.15, -0.1) is 0 Å². The Labute approximate surface area is 123 Å². The van der Waals surface area contributed by atoms with Crippen LogP contribution >= 0.6 is 22.6 Å². The standard InChI is InChI=1S/C14H11IO4/c15-10-3-6-13(12(7-10)14(17)18)19-8-9-1-4-11(16)5-2-9/h1-7,16H,8H2,(H,17,18). The minimum Gasteiger partial charge on any atom is -0.508 e. The Balaban J connectivity index is 2.15. The van der Waals surface area contributed by atoms with Crippen molar-refractivity contribution < 1.29 is 19.7 Å². The lowest BCUT2D eigenvalue weighted by atomic mass is 10.2. The van der Waals surface area contributed by atoms with Crippen LogP contribution in [0, 0.1) is 3.57 Å². The number of aromatic hydroxyl groups is 1. The van der Waals surface area contributed by atoms with E-state index in [1.165, 1.54) is 0 Å². The Morgan fingerprint density at radius 1 is 1.16 bits per heavy atom. The fourth-order valence-electron chi connectivity index (χ4n) is 1.55. The molecule has 5 heteroatoms. The van der Waals surface area contributed by atoms with Gasteiger partial charge in [-0.25, -0.2) is 4.79 Å². The first-order valence-corrected chi connectivity index (χ1v) is 6.57. The second kappa shape index (κ2) is 5.92. The molecule has 0 heterocycles. The zero-order valence-corrected chi connectivity index (χ0v) is 12.0. The summed E-state index contributed by atoms with van der Waals surface area (Å²) < 4.78 is 6.35.